The standard InChI is InChI=1S/C25H20Cl2N2O5/c1-33-16-4-5-17(20(12-16)34-2)23(30)21-22(15-3-6-18(26)19(27)11-15)29(25(32)24(21)31)13-14-7-9-28-10-8-14/h3-12,22,30H,13H2,1-2H3/b23-21-. The van der Waals surface area contributed by atoms with E-state index in [0.29, 0.717) is 16.3 Å². The maximum atomic E-state index is 13.2. The predicted molar refractivity (Wildman–Crippen MR) is 128 cm³/mol. The first kappa shape index (κ1) is 23.6. The third-order valence-electron chi connectivity index (χ3n) is 5.57. The number of carbonyl (C=O) groups is 2. The number of carbonyl (C=O) groups excluding carboxylic acids is 2. The van der Waals surface area contributed by atoms with E-state index in [9.17, 15) is 14.7 Å². The summed E-state index contributed by atoms with van der Waals surface area (Å²) in [5, 5.41) is 11.9. The Hall–Kier alpha value is -3.55. The van der Waals surface area contributed by atoms with Gasteiger partial charge in [0.05, 0.1) is 41.4 Å². The minimum absolute atomic E-state index is 0.0825. The summed E-state index contributed by atoms with van der Waals surface area (Å²) in [5.41, 5.74) is 1.46. The molecule has 4 rings (SSSR count). The molecule has 0 radical (unpaired) electrons. The Balaban J connectivity index is 1.91. The van der Waals surface area contributed by atoms with Gasteiger partial charge >= 0.3 is 0 Å². The lowest BCUT2D eigenvalue weighted by atomic mass is 9.95. The second kappa shape index (κ2) is 9.75. The molecule has 7 nitrogen and oxygen atoms in total. The fourth-order valence-corrected chi connectivity index (χ4v) is 4.20. The van der Waals surface area contributed by atoms with Crippen LogP contribution in [-0.4, -0.2) is 40.9 Å². The smallest absolute Gasteiger partial charge is 0.295 e. The maximum Gasteiger partial charge on any atom is 0.295 e. The van der Waals surface area contributed by atoms with E-state index in [1.165, 1.54) is 19.1 Å². The molecule has 0 saturated carbocycles. The van der Waals surface area contributed by atoms with Gasteiger partial charge in [0, 0.05) is 25.0 Å². The van der Waals surface area contributed by atoms with Crippen molar-refractivity contribution in [3.63, 3.8) is 0 Å². The zero-order valence-electron chi connectivity index (χ0n) is 18.3. The molecule has 1 fully saturated rings. The summed E-state index contributed by atoms with van der Waals surface area (Å²) in [7, 11) is 2.94. The molecule has 1 N–H and O–H groups in total. The first-order valence-electron chi connectivity index (χ1n) is 10.2. The molecule has 0 spiro atoms. The van der Waals surface area contributed by atoms with Crippen molar-refractivity contribution in [3.05, 3.63) is 93.2 Å². The van der Waals surface area contributed by atoms with Gasteiger partial charge in [-0.2, -0.15) is 0 Å². The normalized spacial score (nSPS) is 17.2. The van der Waals surface area contributed by atoms with Crippen LogP contribution < -0.4 is 9.47 Å². The second-order valence-corrected chi connectivity index (χ2v) is 8.34. The lowest BCUT2D eigenvalue weighted by molar-refractivity contribution is -0.140. The molecule has 1 saturated heterocycles. The summed E-state index contributed by atoms with van der Waals surface area (Å²) >= 11 is 12.4. The fourth-order valence-electron chi connectivity index (χ4n) is 3.90. The molecule has 1 amide bonds. The number of nitrogens with zero attached hydrogens (tertiary/aromatic N) is 2. The third kappa shape index (κ3) is 4.32. The fraction of sp³-hybridized carbons (Fsp3) is 0.160. The number of rotatable bonds is 6. The van der Waals surface area contributed by atoms with Crippen molar-refractivity contribution in [2.75, 3.05) is 14.2 Å². The zero-order chi connectivity index (χ0) is 24.4. The van der Waals surface area contributed by atoms with Crippen LogP contribution in [0.1, 0.15) is 22.7 Å². The Labute approximate surface area is 206 Å². The number of methoxy groups -OCH3 is 2. The van der Waals surface area contributed by atoms with Crippen molar-refractivity contribution in [2.24, 2.45) is 0 Å². The first-order valence-corrected chi connectivity index (χ1v) is 11.0. The third-order valence-corrected chi connectivity index (χ3v) is 6.30. The van der Waals surface area contributed by atoms with E-state index in [-0.39, 0.29) is 34.2 Å². The maximum absolute atomic E-state index is 13.2. The van der Waals surface area contributed by atoms with Crippen LogP contribution in [-0.2, 0) is 16.1 Å². The number of hydrogen-bond acceptors (Lipinski definition) is 6. The van der Waals surface area contributed by atoms with Crippen molar-refractivity contribution in [2.45, 2.75) is 12.6 Å². The van der Waals surface area contributed by atoms with Gasteiger partial charge in [0.25, 0.3) is 11.7 Å². The summed E-state index contributed by atoms with van der Waals surface area (Å²) in [6.07, 6.45) is 3.20. The van der Waals surface area contributed by atoms with Crippen molar-refractivity contribution in [1.29, 1.82) is 0 Å². The van der Waals surface area contributed by atoms with E-state index in [1.807, 2.05) is 0 Å². The summed E-state index contributed by atoms with van der Waals surface area (Å²) in [6, 6.07) is 12.2. The minimum atomic E-state index is -0.908. The van der Waals surface area contributed by atoms with Crippen LogP contribution in [0.4, 0.5) is 0 Å². The molecule has 2 aromatic carbocycles. The topological polar surface area (TPSA) is 89.0 Å². The van der Waals surface area contributed by atoms with Gasteiger partial charge in [0.1, 0.15) is 17.3 Å². The Morgan fingerprint density at radius 1 is 1.00 bits per heavy atom. The van der Waals surface area contributed by atoms with Crippen LogP contribution >= 0.6 is 23.2 Å². The Morgan fingerprint density at radius 3 is 2.38 bits per heavy atom. The first-order chi connectivity index (χ1) is 16.3. The molecular formula is C25H20Cl2N2O5. The molecule has 174 valence electrons. The number of aliphatic hydroxyl groups is 1. The molecule has 1 aliphatic rings. The highest BCUT2D eigenvalue weighted by Gasteiger charge is 2.46. The van der Waals surface area contributed by atoms with E-state index in [2.05, 4.69) is 4.98 Å². The van der Waals surface area contributed by atoms with Gasteiger partial charge in [0.15, 0.2) is 0 Å². The van der Waals surface area contributed by atoms with Gasteiger partial charge in [-0.15, -0.1) is 0 Å². The Bertz CT molecular complexity index is 1290. The summed E-state index contributed by atoms with van der Waals surface area (Å²) in [6.45, 7) is 0.120. The van der Waals surface area contributed by atoms with Crippen LogP contribution in [0.5, 0.6) is 11.5 Å². The van der Waals surface area contributed by atoms with Crippen molar-refractivity contribution in [1.82, 2.24) is 9.88 Å². The quantitative estimate of drug-likeness (QED) is 0.291. The Morgan fingerprint density at radius 2 is 1.74 bits per heavy atom. The number of pyridine rings is 1. The molecule has 0 bridgehead atoms. The number of halogens is 2. The van der Waals surface area contributed by atoms with Gasteiger partial charge < -0.3 is 19.5 Å². The van der Waals surface area contributed by atoms with Crippen molar-refractivity contribution in [3.8, 4) is 11.5 Å². The predicted octanol–water partition coefficient (Wildman–Crippen LogP) is 5.03. The molecule has 1 atom stereocenters. The molecule has 3 aromatic rings. The molecule has 0 aliphatic carbocycles. The number of ketones is 1. The second-order valence-electron chi connectivity index (χ2n) is 7.52. The number of aromatic nitrogens is 1. The number of ether oxygens (including phenoxy) is 2. The number of Topliss-reactive ketones (excluding diaryl/α,β-unsaturated/α-hetero) is 1. The largest absolute Gasteiger partial charge is 0.507 e. The number of hydrogen-bond donors (Lipinski definition) is 1. The highest BCUT2D eigenvalue weighted by molar-refractivity contribution is 6.46. The summed E-state index contributed by atoms with van der Waals surface area (Å²) < 4.78 is 10.6. The average Bonchev–Trinajstić information content (AvgIpc) is 3.10. The van der Waals surface area contributed by atoms with Gasteiger partial charge in [-0.05, 0) is 47.5 Å². The van der Waals surface area contributed by atoms with Crippen LogP contribution in [0, 0.1) is 0 Å². The monoisotopic (exact) mass is 498 g/mol. The summed E-state index contributed by atoms with van der Waals surface area (Å²) in [4.78, 5) is 31.8. The molecule has 9 heteroatoms. The molecule has 2 heterocycles. The highest BCUT2D eigenvalue weighted by atomic mass is 35.5. The van der Waals surface area contributed by atoms with E-state index >= 15 is 0 Å². The van der Waals surface area contributed by atoms with Crippen LogP contribution in [0.3, 0.4) is 0 Å². The highest BCUT2D eigenvalue weighted by Crippen LogP contribution is 2.43. The number of aliphatic hydroxyl groups excluding tert-OH is 1. The lowest BCUT2D eigenvalue weighted by Crippen LogP contribution is -2.29. The van der Waals surface area contributed by atoms with E-state index in [1.54, 1.807) is 60.9 Å². The van der Waals surface area contributed by atoms with Gasteiger partial charge in [-0.3, -0.25) is 14.6 Å². The van der Waals surface area contributed by atoms with Gasteiger partial charge in [-0.25, -0.2) is 0 Å². The molecule has 1 unspecified atom stereocenters. The van der Waals surface area contributed by atoms with E-state index in [4.69, 9.17) is 32.7 Å². The number of benzene rings is 2. The lowest BCUT2D eigenvalue weighted by Gasteiger charge is -2.26. The van der Waals surface area contributed by atoms with Crippen LogP contribution in [0.2, 0.25) is 10.0 Å². The van der Waals surface area contributed by atoms with Gasteiger partial charge in [0.2, 0.25) is 0 Å². The SMILES string of the molecule is COc1ccc(/C(O)=C2/C(=O)C(=O)N(Cc3ccncc3)C2c2ccc(Cl)c(Cl)c2)c(OC)c1. The summed E-state index contributed by atoms with van der Waals surface area (Å²) in [5.74, 6) is -1.15. The minimum Gasteiger partial charge on any atom is -0.507 e. The van der Waals surface area contributed by atoms with E-state index < -0.39 is 17.7 Å². The number of likely N-dealkylation sites (tertiary alicyclic amines) is 1. The number of amides is 1. The van der Waals surface area contributed by atoms with Crippen molar-refractivity contribution < 1.29 is 24.2 Å². The van der Waals surface area contributed by atoms with E-state index in [0.717, 1.165) is 5.56 Å². The average molecular weight is 499 g/mol. The molecular weight excluding hydrogens is 479 g/mol. The molecule has 1 aromatic heterocycles. The van der Waals surface area contributed by atoms with Crippen molar-refractivity contribution >= 4 is 40.7 Å². The molecule has 1 aliphatic heterocycles. The van der Waals surface area contributed by atoms with Crippen LogP contribution in [0.15, 0.2) is 66.5 Å². The van der Waals surface area contributed by atoms with Gasteiger partial charge in [-0.1, -0.05) is 29.3 Å². The Kier molecular flexibility index (Phi) is 6.77. The van der Waals surface area contributed by atoms with Crippen LogP contribution in [0.25, 0.3) is 5.76 Å². The molecule has 34 heavy (non-hydrogen) atoms. The zero-order valence-corrected chi connectivity index (χ0v) is 19.8.